The molecule has 0 radical (unpaired) electrons. The number of thiazole rings is 1. The topological polar surface area (TPSA) is 42.0 Å². The maximum atomic E-state index is 12.1. The third-order valence-electron chi connectivity index (χ3n) is 2.31. The Hall–Kier alpha value is -1.10. The van der Waals surface area contributed by atoms with Crippen LogP contribution in [0.2, 0.25) is 10.0 Å². The van der Waals surface area contributed by atoms with E-state index in [9.17, 15) is 4.79 Å². The highest BCUT2D eigenvalue weighted by atomic mass is 35.5. The summed E-state index contributed by atoms with van der Waals surface area (Å²) in [5.74, 6) is -0.242. The van der Waals surface area contributed by atoms with Gasteiger partial charge in [-0.2, -0.15) is 0 Å². The Bertz CT molecular complexity index is 590. The molecule has 2 aromatic rings. The Morgan fingerprint density at radius 2 is 1.89 bits per heavy atom. The van der Waals surface area contributed by atoms with E-state index in [0.717, 1.165) is 5.01 Å². The molecule has 0 saturated carbocycles. The Kier molecular flexibility index (Phi) is 3.90. The summed E-state index contributed by atoms with van der Waals surface area (Å²) in [5.41, 5.74) is 1.13. The zero-order chi connectivity index (χ0) is 13.3. The number of carbonyl (C=O) groups is 1. The Balaban J connectivity index is 2.30. The summed E-state index contributed by atoms with van der Waals surface area (Å²) in [7, 11) is 0. The molecule has 0 aliphatic heterocycles. The molecule has 0 bridgehead atoms. The molecule has 0 atom stereocenters. The summed E-state index contributed by atoms with van der Waals surface area (Å²) in [6, 6.07) is 5.07. The van der Waals surface area contributed by atoms with Gasteiger partial charge in [-0.25, -0.2) is 4.98 Å². The number of amides is 1. The van der Waals surface area contributed by atoms with Crippen molar-refractivity contribution in [3.8, 4) is 0 Å². The quantitative estimate of drug-likeness (QED) is 0.897. The molecule has 0 unspecified atom stereocenters. The smallest absolute Gasteiger partial charge is 0.267 e. The van der Waals surface area contributed by atoms with Crippen molar-refractivity contribution in [2.24, 2.45) is 0 Å². The van der Waals surface area contributed by atoms with E-state index in [1.807, 2.05) is 6.92 Å². The molecule has 1 heterocycles. The van der Waals surface area contributed by atoms with Crippen LogP contribution in [0.4, 0.5) is 5.69 Å². The molecule has 1 aromatic heterocycles. The van der Waals surface area contributed by atoms with E-state index in [4.69, 9.17) is 23.2 Å². The lowest BCUT2D eigenvalue weighted by Gasteiger charge is -2.08. The van der Waals surface area contributed by atoms with Gasteiger partial charge in [-0.05, 0) is 26.0 Å². The molecule has 1 amide bonds. The highest BCUT2D eigenvalue weighted by Gasteiger charge is 2.16. The molecule has 0 aliphatic rings. The van der Waals surface area contributed by atoms with Gasteiger partial charge >= 0.3 is 0 Å². The lowest BCUT2D eigenvalue weighted by molar-refractivity contribution is 0.103. The highest BCUT2D eigenvalue weighted by molar-refractivity contribution is 7.13. The van der Waals surface area contributed by atoms with Crippen molar-refractivity contribution in [2.45, 2.75) is 13.8 Å². The predicted octanol–water partition coefficient (Wildman–Crippen LogP) is 4.32. The minimum atomic E-state index is -0.242. The molecule has 0 fully saturated rings. The minimum absolute atomic E-state index is 0.242. The first-order valence-electron chi connectivity index (χ1n) is 5.18. The number of hydrogen-bond donors (Lipinski definition) is 1. The average Bonchev–Trinajstić information content (AvgIpc) is 2.63. The highest BCUT2D eigenvalue weighted by Crippen LogP contribution is 2.30. The van der Waals surface area contributed by atoms with Gasteiger partial charge in [0, 0.05) is 0 Å². The second-order valence-electron chi connectivity index (χ2n) is 3.70. The van der Waals surface area contributed by atoms with Crippen LogP contribution in [0.1, 0.15) is 20.4 Å². The van der Waals surface area contributed by atoms with E-state index in [0.29, 0.717) is 26.3 Å². The van der Waals surface area contributed by atoms with Crippen LogP contribution in [-0.2, 0) is 0 Å². The van der Waals surface area contributed by atoms with Gasteiger partial charge in [-0.3, -0.25) is 4.79 Å². The number of aryl methyl sites for hydroxylation is 2. The molecule has 1 aromatic carbocycles. The number of rotatable bonds is 2. The maximum Gasteiger partial charge on any atom is 0.267 e. The fourth-order valence-electron chi connectivity index (χ4n) is 1.53. The van der Waals surface area contributed by atoms with E-state index in [-0.39, 0.29) is 5.91 Å². The van der Waals surface area contributed by atoms with Crippen molar-refractivity contribution in [2.75, 3.05) is 5.32 Å². The van der Waals surface area contributed by atoms with Crippen molar-refractivity contribution in [3.05, 3.63) is 43.8 Å². The van der Waals surface area contributed by atoms with E-state index >= 15 is 0 Å². The van der Waals surface area contributed by atoms with Crippen LogP contribution < -0.4 is 5.32 Å². The Morgan fingerprint density at radius 1 is 1.28 bits per heavy atom. The number of hydrogen-bond acceptors (Lipinski definition) is 3. The summed E-state index contributed by atoms with van der Waals surface area (Å²) in [6.45, 7) is 3.66. The molecule has 18 heavy (non-hydrogen) atoms. The summed E-state index contributed by atoms with van der Waals surface area (Å²) < 4.78 is 0. The van der Waals surface area contributed by atoms with Crippen LogP contribution in [0, 0.1) is 13.8 Å². The number of benzene rings is 1. The van der Waals surface area contributed by atoms with E-state index < -0.39 is 0 Å². The van der Waals surface area contributed by atoms with Gasteiger partial charge in [0.25, 0.3) is 5.91 Å². The molecule has 0 spiro atoms. The van der Waals surface area contributed by atoms with E-state index in [2.05, 4.69) is 10.3 Å². The SMILES string of the molecule is Cc1nc(C)c(C(=O)Nc2c(Cl)cccc2Cl)s1. The number of para-hydroxylation sites is 1. The minimum Gasteiger partial charge on any atom is -0.319 e. The number of anilines is 1. The van der Waals surface area contributed by atoms with Gasteiger partial charge < -0.3 is 5.32 Å². The lowest BCUT2D eigenvalue weighted by Crippen LogP contribution is -2.12. The van der Waals surface area contributed by atoms with Crippen LogP contribution in [0.3, 0.4) is 0 Å². The third-order valence-corrected chi connectivity index (χ3v) is 4.01. The maximum absolute atomic E-state index is 12.1. The van der Waals surface area contributed by atoms with Gasteiger partial charge in [-0.15, -0.1) is 11.3 Å². The van der Waals surface area contributed by atoms with Crippen molar-refractivity contribution in [3.63, 3.8) is 0 Å². The molecular formula is C12H10Cl2N2OS. The second kappa shape index (κ2) is 5.26. The first-order chi connectivity index (χ1) is 8.49. The average molecular weight is 301 g/mol. The molecule has 0 saturated heterocycles. The summed E-state index contributed by atoms with van der Waals surface area (Å²) >= 11 is 13.3. The Morgan fingerprint density at radius 3 is 2.39 bits per heavy atom. The zero-order valence-corrected chi connectivity index (χ0v) is 12.1. The number of halogens is 2. The van der Waals surface area contributed by atoms with Gasteiger partial charge in [-0.1, -0.05) is 29.3 Å². The largest absolute Gasteiger partial charge is 0.319 e. The normalized spacial score (nSPS) is 10.4. The van der Waals surface area contributed by atoms with Crippen molar-refractivity contribution < 1.29 is 4.79 Å². The van der Waals surface area contributed by atoms with Crippen LogP contribution in [0.25, 0.3) is 0 Å². The van der Waals surface area contributed by atoms with E-state index in [1.54, 1.807) is 25.1 Å². The van der Waals surface area contributed by atoms with Crippen LogP contribution >= 0.6 is 34.5 Å². The van der Waals surface area contributed by atoms with Gasteiger partial charge in [0.05, 0.1) is 26.4 Å². The molecule has 6 heteroatoms. The van der Waals surface area contributed by atoms with Crippen molar-refractivity contribution >= 4 is 46.1 Å². The van der Waals surface area contributed by atoms with Crippen LogP contribution in [0.15, 0.2) is 18.2 Å². The zero-order valence-electron chi connectivity index (χ0n) is 9.75. The monoisotopic (exact) mass is 300 g/mol. The number of carbonyl (C=O) groups excluding carboxylic acids is 1. The molecule has 94 valence electrons. The number of nitrogens with one attached hydrogen (secondary N) is 1. The first-order valence-corrected chi connectivity index (χ1v) is 6.75. The third kappa shape index (κ3) is 2.66. The molecule has 1 N–H and O–H groups in total. The molecule has 2 rings (SSSR count). The predicted molar refractivity (Wildman–Crippen MR) is 76.0 cm³/mol. The van der Waals surface area contributed by atoms with Crippen LogP contribution in [0.5, 0.6) is 0 Å². The summed E-state index contributed by atoms with van der Waals surface area (Å²) in [5, 5.41) is 4.39. The number of nitrogens with zero attached hydrogens (tertiary/aromatic N) is 1. The van der Waals surface area contributed by atoms with E-state index in [1.165, 1.54) is 11.3 Å². The summed E-state index contributed by atoms with van der Waals surface area (Å²) in [6.07, 6.45) is 0. The second-order valence-corrected chi connectivity index (χ2v) is 5.72. The molecular weight excluding hydrogens is 291 g/mol. The van der Waals surface area contributed by atoms with Crippen LogP contribution in [-0.4, -0.2) is 10.9 Å². The van der Waals surface area contributed by atoms with Gasteiger partial charge in [0.1, 0.15) is 4.88 Å². The molecule has 0 aliphatic carbocycles. The fraction of sp³-hybridized carbons (Fsp3) is 0.167. The van der Waals surface area contributed by atoms with Gasteiger partial charge in [0.2, 0.25) is 0 Å². The Labute approximate surface area is 119 Å². The lowest BCUT2D eigenvalue weighted by atomic mass is 10.3. The van der Waals surface area contributed by atoms with Crippen molar-refractivity contribution in [1.82, 2.24) is 4.98 Å². The van der Waals surface area contributed by atoms with Gasteiger partial charge in [0.15, 0.2) is 0 Å². The standard InChI is InChI=1S/C12H10Cl2N2OS/c1-6-11(18-7(2)15-6)12(17)16-10-8(13)4-3-5-9(10)14/h3-5H,1-2H3,(H,16,17). The summed E-state index contributed by atoms with van der Waals surface area (Å²) in [4.78, 5) is 16.9. The fourth-order valence-corrected chi connectivity index (χ4v) is 2.84. The molecule has 3 nitrogen and oxygen atoms in total. The number of aromatic nitrogens is 1. The first kappa shape index (κ1) is 13.3. The van der Waals surface area contributed by atoms with Crippen molar-refractivity contribution in [1.29, 1.82) is 0 Å².